The van der Waals surface area contributed by atoms with Gasteiger partial charge in [-0.3, -0.25) is 4.98 Å². The molecule has 84 valence electrons. The zero-order valence-electron chi connectivity index (χ0n) is 8.77. The van der Waals surface area contributed by atoms with Crippen molar-refractivity contribution < 1.29 is 8.42 Å². The summed E-state index contributed by atoms with van der Waals surface area (Å²) in [6.07, 6.45) is 4.35. The van der Waals surface area contributed by atoms with Crippen LogP contribution in [0.25, 0.3) is 0 Å². The average molecular weight is 229 g/mol. The molecule has 0 fully saturated rings. The number of nitrogens with two attached hydrogens (primary N) is 1. The summed E-state index contributed by atoms with van der Waals surface area (Å²) in [6, 6.07) is 1.55. The molecule has 0 spiro atoms. The predicted octanol–water partition coefficient (Wildman–Crippen LogP) is 0.509. The van der Waals surface area contributed by atoms with Gasteiger partial charge in [0, 0.05) is 18.5 Å². The van der Waals surface area contributed by atoms with Crippen molar-refractivity contribution in [1.82, 2.24) is 4.98 Å². The minimum Gasteiger partial charge on any atom is -0.397 e. The van der Waals surface area contributed by atoms with Gasteiger partial charge in [-0.15, -0.1) is 0 Å². The zero-order chi connectivity index (χ0) is 11.5. The third-order valence-corrected chi connectivity index (χ3v) is 2.83. The van der Waals surface area contributed by atoms with Gasteiger partial charge in [0.05, 0.1) is 23.3 Å². The molecule has 5 nitrogen and oxygen atoms in total. The highest BCUT2D eigenvalue weighted by Gasteiger charge is 2.10. The Morgan fingerprint density at radius 2 is 2.20 bits per heavy atom. The number of nitrogens with zero attached hydrogens (tertiary/aromatic N) is 1. The van der Waals surface area contributed by atoms with E-state index in [2.05, 4.69) is 10.3 Å². The molecule has 6 heteroatoms. The van der Waals surface area contributed by atoms with E-state index in [4.69, 9.17) is 5.73 Å². The molecule has 0 amide bonds. The van der Waals surface area contributed by atoms with Gasteiger partial charge >= 0.3 is 0 Å². The molecular formula is C9H15N3O2S. The van der Waals surface area contributed by atoms with Crippen LogP contribution in [0, 0.1) is 0 Å². The lowest BCUT2D eigenvalue weighted by molar-refractivity contribution is 0.598. The summed E-state index contributed by atoms with van der Waals surface area (Å²) in [5.41, 5.74) is 6.82. The van der Waals surface area contributed by atoms with Crippen molar-refractivity contribution in [3.8, 4) is 0 Å². The first-order valence-corrected chi connectivity index (χ1v) is 6.57. The lowest BCUT2D eigenvalue weighted by Gasteiger charge is -2.13. The van der Waals surface area contributed by atoms with Crippen LogP contribution in [0.3, 0.4) is 0 Å². The zero-order valence-corrected chi connectivity index (χ0v) is 9.58. The van der Waals surface area contributed by atoms with Crippen LogP contribution in [-0.4, -0.2) is 31.5 Å². The number of anilines is 2. The largest absolute Gasteiger partial charge is 0.397 e. The van der Waals surface area contributed by atoms with Crippen LogP contribution >= 0.6 is 0 Å². The number of aromatic nitrogens is 1. The fourth-order valence-electron chi connectivity index (χ4n) is 1.32. The highest BCUT2D eigenvalue weighted by Crippen LogP contribution is 2.11. The predicted molar refractivity (Wildman–Crippen MR) is 61.4 cm³/mol. The van der Waals surface area contributed by atoms with Gasteiger partial charge in [-0.1, -0.05) is 0 Å². The summed E-state index contributed by atoms with van der Waals surface area (Å²) >= 11 is 0. The standard InChI is InChI=1S/C9H15N3O2S/c1-7(6-15(2,13)14)12-9-3-8(10)4-11-5-9/h3-5,7,12H,6,10H2,1-2H3. The Morgan fingerprint density at radius 3 is 2.73 bits per heavy atom. The summed E-state index contributed by atoms with van der Waals surface area (Å²) in [6.45, 7) is 1.80. The van der Waals surface area contributed by atoms with Crippen molar-refractivity contribution in [2.45, 2.75) is 13.0 Å². The minimum atomic E-state index is -2.97. The Labute approximate surface area is 89.6 Å². The Balaban J connectivity index is 2.63. The van der Waals surface area contributed by atoms with E-state index >= 15 is 0 Å². The first-order valence-electron chi connectivity index (χ1n) is 4.51. The summed E-state index contributed by atoms with van der Waals surface area (Å²) in [5.74, 6) is 0.0851. The average Bonchev–Trinajstić information content (AvgIpc) is 1.99. The molecule has 0 aliphatic heterocycles. The second-order valence-electron chi connectivity index (χ2n) is 3.64. The molecule has 0 saturated heterocycles. The number of sulfone groups is 1. The molecule has 1 heterocycles. The maximum absolute atomic E-state index is 11.0. The lowest BCUT2D eigenvalue weighted by Crippen LogP contribution is -2.25. The third kappa shape index (κ3) is 4.64. The lowest BCUT2D eigenvalue weighted by atomic mass is 10.3. The second kappa shape index (κ2) is 4.48. The molecule has 0 bridgehead atoms. The van der Waals surface area contributed by atoms with Gasteiger partial charge in [-0.05, 0) is 13.0 Å². The van der Waals surface area contributed by atoms with E-state index in [0.29, 0.717) is 5.69 Å². The van der Waals surface area contributed by atoms with Crippen LogP contribution < -0.4 is 11.1 Å². The first kappa shape index (κ1) is 11.8. The van der Waals surface area contributed by atoms with Crippen molar-refractivity contribution >= 4 is 21.2 Å². The molecule has 3 N–H and O–H groups in total. The molecule has 1 aromatic heterocycles. The second-order valence-corrected chi connectivity index (χ2v) is 5.83. The van der Waals surface area contributed by atoms with Crippen molar-refractivity contribution in [1.29, 1.82) is 0 Å². The molecule has 1 rings (SSSR count). The number of hydrogen-bond acceptors (Lipinski definition) is 5. The maximum Gasteiger partial charge on any atom is 0.149 e. The van der Waals surface area contributed by atoms with E-state index in [0.717, 1.165) is 5.69 Å². The SMILES string of the molecule is CC(CS(C)(=O)=O)Nc1cncc(N)c1. The summed E-state index contributed by atoms with van der Waals surface area (Å²) in [7, 11) is -2.97. The number of nitrogen functional groups attached to an aromatic ring is 1. The maximum atomic E-state index is 11.0. The number of hydrogen-bond donors (Lipinski definition) is 2. The van der Waals surface area contributed by atoms with Crippen molar-refractivity contribution in [3.05, 3.63) is 18.5 Å². The van der Waals surface area contributed by atoms with E-state index in [1.807, 2.05) is 0 Å². The van der Waals surface area contributed by atoms with Gasteiger partial charge in [0.15, 0.2) is 0 Å². The molecule has 0 aromatic carbocycles. The van der Waals surface area contributed by atoms with Gasteiger partial charge in [-0.2, -0.15) is 0 Å². The molecular weight excluding hydrogens is 214 g/mol. The van der Waals surface area contributed by atoms with Gasteiger partial charge < -0.3 is 11.1 Å². The van der Waals surface area contributed by atoms with Gasteiger partial charge in [0.2, 0.25) is 0 Å². The van der Waals surface area contributed by atoms with E-state index in [1.165, 1.54) is 12.5 Å². The summed E-state index contributed by atoms with van der Waals surface area (Å²) in [4.78, 5) is 3.90. The molecule has 1 atom stereocenters. The molecule has 0 radical (unpaired) electrons. The molecule has 1 aromatic rings. The molecule has 15 heavy (non-hydrogen) atoms. The quantitative estimate of drug-likeness (QED) is 0.785. The number of pyridine rings is 1. The highest BCUT2D eigenvalue weighted by atomic mass is 32.2. The van der Waals surface area contributed by atoms with E-state index in [9.17, 15) is 8.42 Å². The Hall–Kier alpha value is -1.30. The van der Waals surface area contributed by atoms with E-state index in [-0.39, 0.29) is 11.8 Å². The van der Waals surface area contributed by atoms with Crippen LogP contribution in [0.4, 0.5) is 11.4 Å². The monoisotopic (exact) mass is 229 g/mol. The Kier molecular flexibility index (Phi) is 3.52. The van der Waals surface area contributed by atoms with Crippen LogP contribution in [0.15, 0.2) is 18.5 Å². The summed E-state index contributed by atoms with van der Waals surface area (Å²) < 4.78 is 22.0. The Morgan fingerprint density at radius 1 is 1.53 bits per heavy atom. The first-order chi connectivity index (χ1) is 6.87. The van der Waals surface area contributed by atoms with Crippen molar-refractivity contribution in [3.63, 3.8) is 0 Å². The summed E-state index contributed by atoms with van der Waals surface area (Å²) in [5, 5.41) is 3.02. The molecule has 1 unspecified atom stereocenters. The highest BCUT2D eigenvalue weighted by molar-refractivity contribution is 7.90. The van der Waals surface area contributed by atoms with Gasteiger partial charge in [-0.25, -0.2) is 8.42 Å². The van der Waals surface area contributed by atoms with E-state index < -0.39 is 9.84 Å². The molecule has 0 aliphatic rings. The van der Waals surface area contributed by atoms with Gasteiger partial charge in [0.1, 0.15) is 9.84 Å². The smallest absolute Gasteiger partial charge is 0.149 e. The topological polar surface area (TPSA) is 85.1 Å². The van der Waals surface area contributed by atoms with Crippen molar-refractivity contribution in [2.24, 2.45) is 0 Å². The minimum absolute atomic E-state index is 0.0851. The number of nitrogens with one attached hydrogen (secondary N) is 1. The van der Waals surface area contributed by atoms with Crippen LogP contribution in [0.2, 0.25) is 0 Å². The third-order valence-electron chi connectivity index (χ3n) is 1.73. The van der Waals surface area contributed by atoms with Crippen LogP contribution in [-0.2, 0) is 9.84 Å². The van der Waals surface area contributed by atoms with Gasteiger partial charge in [0.25, 0.3) is 0 Å². The Bertz CT molecular complexity index is 431. The molecule has 0 saturated carbocycles. The van der Waals surface area contributed by atoms with Crippen molar-refractivity contribution in [2.75, 3.05) is 23.1 Å². The van der Waals surface area contributed by atoms with Crippen LogP contribution in [0.1, 0.15) is 6.92 Å². The molecule has 0 aliphatic carbocycles. The van der Waals surface area contributed by atoms with Crippen LogP contribution in [0.5, 0.6) is 0 Å². The normalized spacial score (nSPS) is 13.5. The fourth-order valence-corrected chi connectivity index (χ4v) is 2.31. The number of rotatable bonds is 4. The fraction of sp³-hybridized carbons (Fsp3) is 0.444. The van der Waals surface area contributed by atoms with E-state index in [1.54, 1.807) is 19.2 Å².